The first kappa shape index (κ1) is 10.7. The molecule has 0 spiro atoms. The Balaban J connectivity index is 2.71. The van der Waals surface area contributed by atoms with Crippen LogP contribution in [0.25, 0.3) is 11.0 Å². The highest BCUT2D eigenvalue weighted by Gasteiger charge is 2.12. The molecule has 0 atom stereocenters. The molecule has 2 rings (SSSR count). The van der Waals surface area contributed by atoms with Crippen LogP contribution in [-0.2, 0) is 2.51 Å². The maximum Gasteiger partial charge on any atom is 0.155 e. The second-order valence-electron chi connectivity index (χ2n) is 2.43. The summed E-state index contributed by atoms with van der Waals surface area (Å²) >= 11 is 6.09. The number of rotatable bonds is 2. The highest BCUT2D eigenvalue weighted by molar-refractivity contribution is 14.1. The van der Waals surface area contributed by atoms with E-state index in [2.05, 4.69) is 20.9 Å². The third-order valence-electron chi connectivity index (χ3n) is 1.67. The Hall–Kier alpha value is 0.140. The standard InChI is InChI=1S/C7H3BrFIN2OS/c8-4-3-12(14-13-10)7-6(4)5(9)1-2-11-7/h1-3H. The quantitative estimate of drug-likeness (QED) is 0.579. The minimum absolute atomic E-state index is 0.297. The van der Waals surface area contributed by atoms with Gasteiger partial charge in [-0.25, -0.2) is 15.9 Å². The molecule has 0 saturated heterocycles. The van der Waals surface area contributed by atoms with E-state index in [4.69, 9.17) is 2.51 Å². The lowest BCUT2D eigenvalue weighted by Crippen LogP contribution is -1.86. The molecule has 2 heterocycles. The summed E-state index contributed by atoms with van der Waals surface area (Å²) in [5.41, 5.74) is 0.540. The van der Waals surface area contributed by atoms with Gasteiger partial charge in [-0.05, 0) is 22.0 Å². The van der Waals surface area contributed by atoms with E-state index in [0.29, 0.717) is 15.5 Å². The summed E-state index contributed by atoms with van der Waals surface area (Å²) < 4.78 is 20.5. The van der Waals surface area contributed by atoms with Crippen molar-refractivity contribution >= 4 is 62.2 Å². The van der Waals surface area contributed by atoms with Gasteiger partial charge in [-0.15, -0.1) is 0 Å². The summed E-state index contributed by atoms with van der Waals surface area (Å²) in [6.45, 7) is 0. The summed E-state index contributed by atoms with van der Waals surface area (Å²) in [5.74, 6) is -0.297. The third kappa shape index (κ3) is 1.77. The molecule has 0 aromatic carbocycles. The maximum absolute atomic E-state index is 13.4. The van der Waals surface area contributed by atoms with E-state index in [-0.39, 0.29) is 5.82 Å². The second-order valence-corrected chi connectivity index (χ2v) is 5.03. The first-order valence-electron chi connectivity index (χ1n) is 3.51. The average Bonchev–Trinajstić information content (AvgIpc) is 2.46. The molecule has 0 bridgehead atoms. The topological polar surface area (TPSA) is 27.1 Å². The van der Waals surface area contributed by atoms with Gasteiger partial charge in [0.05, 0.1) is 5.39 Å². The first-order chi connectivity index (χ1) is 6.74. The van der Waals surface area contributed by atoms with Crippen LogP contribution in [0.2, 0.25) is 0 Å². The number of halogens is 3. The highest BCUT2D eigenvalue weighted by atomic mass is 127. The number of hydrogen-bond donors (Lipinski definition) is 0. The minimum Gasteiger partial charge on any atom is -0.249 e. The molecular formula is C7H3BrFIN2OS. The van der Waals surface area contributed by atoms with Crippen molar-refractivity contribution in [1.29, 1.82) is 0 Å². The summed E-state index contributed by atoms with van der Waals surface area (Å²) in [4.78, 5) is 4.07. The molecule has 0 radical (unpaired) electrons. The van der Waals surface area contributed by atoms with Gasteiger partial charge in [0.25, 0.3) is 0 Å². The lowest BCUT2D eigenvalue weighted by molar-refractivity contribution is 0.638. The highest BCUT2D eigenvalue weighted by Crippen LogP contribution is 2.30. The fourth-order valence-corrected chi connectivity index (χ4v) is 2.78. The second kappa shape index (κ2) is 4.33. The number of hydrogen-bond acceptors (Lipinski definition) is 3. The monoisotopic (exact) mass is 388 g/mol. The number of fused-ring (bicyclic) bond motifs is 1. The molecule has 0 fully saturated rings. The van der Waals surface area contributed by atoms with E-state index >= 15 is 0 Å². The zero-order chi connectivity index (χ0) is 10.1. The zero-order valence-corrected chi connectivity index (χ0v) is 11.1. The molecule has 0 aliphatic heterocycles. The molecule has 0 N–H and O–H groups in total. The predicted molar refractivity (Wildman–Crippen MR) is 65.5 cm³/mol. The molecule has 7 heteroatoms. The van der Waals surface area contributed by atoms with E-state index in [1.165, 1.54) is 12.3 Å². The molecule has 14 heavy (non-hydrogen) atoms. The van der Waals surface area contributed by atoms with Gasteiger partial charge in [0.2, 0.25) is 0 Å². The Kier molecular flexibility index (Phi) is 3.30. The SMILES string of the molecule is Fc1ccnc2c1c(Br)cn2SOI. The average molecular weight is 389 g/mol. The summed E-state index contributed by atoms with van der Waals surface area (Å²) in [5, 5.41) is 0.466. The summed E-state index contributed by atoms with van der Waals surface area (Å²) in [6, 6.07) is 1.33. The first-order valence-corrected chi connectivity index (χ1v) is 5.88. The van der Waals surface area contributed by atoms with Crippen LogP contribution in [0.3, 0.4) is 0 Å². The van der Waals surface area contributed by atoms with E-state index in [1.807, 2.05) is 0 Å². The van der Waals surface area contributed by atoms with Crippen molar-refractivity contribution in [2.75, 3.05) is 0 Å². The fourth-order valence-electron chi connectivity index (χ4n) is 1.13. The molecule has 0 saturated carbocycles. The van der Waals surface area contributed by atoms with Crippen molar-refractivity contribution in [3.8, 4) is 0 Å². The molecule has 3 nitrogen and oxygen atoms in total. The molecular weight excluding hydrogens is 386 g/mol. The fraction of sp³-hybridized carbons (Fsp3) is 0. The Morgan fingerprint density at radius 3 is 3.14 bits per heavy atom. The van der Waals surface area contributed by atoms with Gasteiger partial charge in [0.15, 0.2) is 5.65 Å². The van der Waals surface area contributed by atoms with Gasteiger partial charge in [-0.3, -0.25) is 0 Å². The van der Waals surface area contributed by atoms with Gasteiger partial charge < -0.3 is 0 Å². The van der Waals surface area contributed by atoms with Gasteiger partial charge in [-0.2, -0.15) is 0 Å². The Morgan fingerprint density at radius 2 is 2.43 bits per heavy atom. The van der Waals surface area contributed by atoms with Crippen LogP contribution in [-0.4, -0.2) is 8.96 Å². The number of nitrogens with zero attached hydrogens (tertiary/aromatic N) is 2. The summed E-state index contributed by atoms with van der Waals surface area (Å²) in [7, 11) is 0. The van der Waals surface area contributed by atoms with Crippen LogP contribution < -0.4 is 0 Å². The van der Waals surface area contributed by atoms with Crippen molar-refractivity contribution in [1.82, 2.24) is 8.96 Å². The van der Waals surface area contributed by atoms with E-state index < -0.39 is 0 Å². The minimum atomic E-state index is -0.297. The maximum atomic E-state index is 13.4. The Bertz CT molecular complexity index is 478. The normalized spacial score (nSPS) is 11.1. The van der Waals surface area contributed by atoms with E-state index in [0.717, 1.165) is 12.2 Å². The lowest BCUT2D eigenvalue weighted by Gasteiger charge is -1.97. The van der Waals surface area contributed by atoms with Gasteiger partial charge in [0, 0.05) is 16.9 Å². The predicted octanol–water partition coefficient (Wildman–Crippen LogP) is 3.72. The molecule has 2 aromatic rings. The smallest absolute Gasteiger partial charge is 0.155 e. The van der Waals surface area contributed by atoms with Crippen LogP contribution in [0.5, 0.6) is 0 Å². The third-order valence-corrected chi connectivity index (χ3v) is 3.25. The lowest BCUT2D eigenvalue weighted by atomic mass is 10.3. The zero-order valence-electron chi connectivity index (χ0n) is 6.58. The van der Waals surface area contributed by atoms with E-state index in [1.54, 1.807) is 33.2 Å². The summed E-state index contributed by atoms with van der Waals surface area (Å²) in [6.07, 6.45) is 3.14. The van der Waals surface area contributed by atoms with Crippen molar-refractivity contribution < 1.29 is 6.90 Å². The molecule has 0 amide bonds. The van der Waals surface area contributed by atoms with Crippen LogP contribution in [0, 0.1) is 5.82 Å². The molecule has 74 valence electrons. The Morgan fingerprint density at radius 1 is 1.64 bits per heavy atom. The number of pyridine rings is 1. The van der Waals surface area contributed by atoms with Crippen LogP contribution in [0.15, 0.2) is 22.9 Å². The van der Waals surface area contributed by atoms with Gasteiger partial charge in [-0.1, -0.05) is 0 Å². The number of aromatic nitrogens is 2. The molecule has 2 aromatic heterocycles. The Labute approximate surface area is 106 Å². The van der Waals surface area contributed by atoms with Crippen molar-refractivity contribution in [3.63, 3.8) is 0 Å². The molecule has 0 aliphatic carbocycles. The van der Waals surface area contributed by atoms with Crippen molar-refractivity contribution in [2.45, 2.75) is 0 Å². The van der Waals surface area contributed by atoms with Crippen LogP contribution in [0.4, 0.5) is 4.39 Å². The van der Waals surface area contributed by atoms with Crippen LogP contribution in [0.1, 0.15) is 0 Å². The molecule has 0 unspecified atom stereocenters. The molecule has 0 aliphatic rings. The van der Waals surface area contributed by atoms with Crippen LogP contribution >= 0.6 is 51.2 Å². The van der Waals surface area contributed by atoms with E-state index in [9.17, 15) is 4.39 Å². The van der Waals surface area contributed by atoms with Gasteiger partial charge >= 0.3 is 0 Å². The van der Waals surface area contributed by atoms with Crippen molar-refractivity contribution in [2.24, 2.45) is 0 Å². The largest absolute Gasteiger partial charge is 0.249 e. The van der Waals surface area contributed by atoms with Gasteiger partial charge in [0.1, 0.15) is 41.1 Å². The van der Waals surface area contributed by atoms with Crippen molar-refractivity contribution in [3.05, 3.63) is 28.7 Å².